The maximum atomic E-state index is 11.6. The number of hydrogen-bond acceptors (Lipinski definition) is 4. The van der Waals surface area contributed by atoms with E-state index in [1.165, 1.54) is 0 Å². The highest BCUT2D eigenvalue weighted by Crippen LogP contribution is 2.27. The van der Waals surface area contributed by atoms with Gasteiger partial charge in [0.25, 0.3) is 0 Å². The standard InChI is InChI=1S/C14H22ClN3O2.2ClH/c1-14(2,16)9-18-13(19)6-7-17-11-8-10(15)4-5-12(11)20-3;;/h4-5,8,17H,6-7,9,16H2,1-3H3,(H,18,19);2*1H. The molecule has 8 heteroatoms. The van der Waals surface area contributed by atoms with Crippen molar-refractivity contribution >= 4 is 48.0 Å². The second-order valence-electron chi connectivity index (χ2n) is 5.29. The Labute approximate surface area is 149 Å². The Balaban J connectivity index is 0. The minimum absolute atomic E-state index is 0. The summed E-state index contributed by atoms with van der Waals surface area (Å²) in [5.41, 5.74) is 6.16. The zero-order valence-electron chi connectivity index (χ0n) is 12.9. The molecule has 1 aromatic carbocycles. The number of benzene rings is 1. The third-order valence-electron chi connectivity index (χ3n) is 2.57. The van der Waals surface area contributed by atoms with Crippen LogP contribution in [0.25, 0.3) is 0 Å². The number of nitrogens with one attached hydrogen (secondary N) is 2. The SMILES string of the molecule is COc1ccc(Cl)cc1NCCC(=O)NCC(C)(C)N.Cl.Cl. The van der Waals surface area contributed by atoms with Crippen LogP contribution in [-0.4, -0.2) is 31.6 Å². The molecule has 0 radical (unpaired) electrons. The van der Waals surface area contributed by atoms with Crippen LogP contribution in [0, 0.1) is 0 Å². The molecule has 1 aromatic rings. The van der Waals surface area contributed by atoms with E-state index in [-0.39, 0.29) is 30.7 Å². The molecule has 0 aliphatic carbocycles. The van der Waals surface area contributed by atoms with Crippen LogP contribution in [0.1, 0.15) is 20.3 Å². The highest BCUT2D eigenvalue weighted by Gasteiger charge is 2.12. The van der Waals surface area contributed by atoms with Crippen molar-refractivity contribution in [3.63, 3.8) is 0 Å². The van der Waals surface area contributed by atoms with E-state index in [1.54, 1.807) is 25.3 Å². The molecule has 128 valence electrons. The van der Waals surface area contributed by atoms with Gasteiger partial charge in [-0.3, -0.25) is 4.79 Å². The highest BCUT2D eigenvalue weighted by atomic mass is 35.5. The molecule has 4 N–H and O–H groups in total. The Kier molecular flexibility index (Phi) is 11.5. The van der Waals surface area contributed by atoms with E-state index in [2.05, 4.69) is 10.6 Å². The number of halogens is 3. The Bertz CT molecular complexity index is 465. The van der Waals surface area contributed by atoms with Crippen molar-refractivity contribution in [3.8, 4) is 5.75 Å². The maximum Gasteiger partial charge on any atom is 0.221 e. The van der Waals surface area contributed by atoms with Crippen LogP contribution < -0.4 is 21.1 Å². The van der Waals surface area contributed by atoms with E-state index in [4.69, 9.17) is 22.1 Å². The van der Waals surface area contributed by atoms with Gasteiger partial charge in [-0.1, -0.05) is 11.6 Å². The summed E-state index contributed by atoms with van der Waals surface area (Å²) in [4.78, 5) is 11.6. The first-order chi connectivity index (χ1) is 9.31. The quantitative estimate of drug-likeness (QED) is 0.688. The molecular formula is C14H24Cl3N3O2. The number of rotatable bonds is 7. The van der Waals surface area contributed by atoms with Gasteiger partial charge in [-0.15, -0.1) is 24.8 Å². The highest BCUT2D eigenvalue weighted by molar-refractivity contribution is 6.30. The number of nitrogens with two attached hydrogens (primary N) is 1. The lowest BCUT2D eigenvalue weighted by Gasteiger charge is -2.19. The predicted octanol–water partition coefficient (Wildman–Crippen LogP) is 2.85. The summed E-state index contributed by atoms with van der Waals surface area (Å²) in [6.45, 7) is 4.67. The molecule has 0 saturated carbocycles. The molecule has 0 saturated heterocycles. The summed E-state index contributed by atoms with van der Waals surface area (Å²) >= 11 is 5.93. The zero-order valence-corrected chi connectivity index (χ0v) is 15.3. The summed E-state index contributed by atoms with van der Waals surface area (Å²) in [5, 5.41) is 6.53. The molecule has 0 unspecified atom stereocenters. The maximum absolute atomic E-state index is 11.6. The van der Waals surface area contributed by atoms with Crippen LogP contribution in [-0.2, 0) is 4.79 Å². The second kappa shape index (κ2) is 10.8. The van der Waals surface area contributed by atoms with Crippen molar-refractivity contribution in [1.29, 1.82) is 0 Å². The first-order valence-corrected chi connectivity index (χ1v) is 6.82. The first kappa shape index (κ1) is 23.4. The minimum atomic E-state index is -0.404. The molecule has 0 atom stereocenters. The number of carbonyl (C=O) groups excluding carboxylic acids is 1. The lowest BCUT2D eigenvalue weighted by Crippen LogP contribution is -2.45. The molecule has 1 amide bonds. The summed E-state index contributed by atoms with van der Waals surface area (Å²) in [6, 6.07) is 5.30. The molecular weight excluding hydrogens is 349 g/mol. The average Bonchev–Trinajstić information content (AvgIpc) is 2.36. The van der Waals surface area contributed by atoms with Crippen molar-refractivity contribution in [2.75, 3.05) is 25.5 Å². The van der Waals surface area contributed by atoms with Crippen LogP contribution in [0.5, 0.6) is 5.75 Å². The molecule has 0 heterocycles. The zero-order chi connectivity index (χ0) is 15.2. The van der Waals surface area contributed by atoms with Crippen LogP contribution in [0.3, 0.4) is 0 Å². The van der Waals surface area contributed by atoms with Crippen molar-refractivity contribution in [3.05, 3.63) is 23.2 Å². The lowest BCUT2D eigenvalue weighted by atomic mass is 10.1. The van der Waals surface area contributed by atoms with Crippen molar-refractivity contribution in [1.82, 2.24) is 5.32 Å². The van der Waals surface area contributed by atoms with Gasteiger partial charge in [0.2, 0.25) is 5.91 Å². The van der Waals surface area contributed by atoms with E-state index >= 15 is 0 Å². The molecule has 0 spiro atoms. The second-order valence-corrected chi connectivity index (χ2v) is 5.72. The van der Waals surface area contributed by atoms with Gasteiger partial charge >= 0.3 is 0 Å². The van der Waals surface area contributed by atoms with Gasteiger partial charge in [0.15, 0.2) is 0 Å². The van der Waals surface area contributed by atoms with Gasteiger partial charge < -0.3 is 21.1 Å². The van der Waals surface area contributed by atoms with Crippen LogP contribution in [0.15, 0.2) is 18.2 Å². The van der Waals surface area contributed by atoms with Crippen LogP contribution in [0.4, 0.5) is 5.69 Å². The Morgan fingerprint density at radius 2 is 2.00 bits per heavy atom. The summed E-state index contributed by atoms with van der Waals surface area (Å²) in [5.74, 6) is 0.648. The van der Waals surface area contributed by atoms with Gasteiger partial charge in [-0.05, 0) is 32.0 Å². The number of ether oxygens (including phenoxy) is 1. The van der Waals surface area contributed by atoms with Crippen LogP contribution in [0.2, 0.25) is 5.02 Å². The van der Waals surface area contributed by atoms with Gasteiger partial charge in [0.05, 0.1) is 12.8 Å². The van der Waals surface area contributed by atoms with E-state index in [1.807, 2.05) is 13.8 Å². The Morgan fingerprint density at radius 1 is 1.36 bits per heavy atom. The topological polar surface area (TPSA) is 76.4 Å². The average molecular weight is 373 g/mol. The number of amides is 1. The fourth-order valence-corrected chi connectivity index (χ4v) is 1.72. The van der Waals surface area contributed by atoms with Crippen LogP contribution >= 0.6 is 36.4 Å². The lowest BCUT2D eigenvalue weighted by molar-refractivity contribution is -0.121. The predicted molar refractivity (Wildman–Crippen MR) is 96.9 cm³/mol. The van der Waals surface area contributed by atoms with Gasteiger partial charge in [0.1, 0.15) is 5.75 Å². The minimum Gasteiger partial charge on any atom is -0.495 e. The molecule has 0 fully saturated rings. The van der Waals surface area contributed by atoms with Crippen molar-refractivity contribution < 1.29 is 9.53 Å². The van der Waals surface area contributed by atoms with E-state index in [0.29, 0.717) is 30.3 Å². The number of anilines is 1. The Hall–Kier alpha value is -0.880. The van der Waals surface area contributed by atoms with E-state index < -0.39 is 5.54 Å². The van der Waals surface area contributed by atoms with Crippen molar-refractivity contribution in [2.45, 2.75) is 25.8 Å². The molecule has 0 aliphatic heterocycles. The van der Waals surface area contributed by atoms with Gasteiger partial charge in [-0.2, -0.15) is 0 Å². The van der Waals surface area contributed by atoms with Gasteiger partial charge in [-0.25, -0.2) is 0 Å². The monoisotopic (exact) mass is 371 g/mol. The third-order valence-corrected chi connectivity index (χ3v) is 2.81. The number of carbonyl (C=O) groups is 1. The van der Waals surface area contributed by atoms with E-state index in [9.17, 15) is 4.79 Å². The molecule has 22 heavy (non-hydrogen) atoms. The fourth-order valence-electron chi connectivity index (χ4n) is 1.54. The molecule has 5 nitrogen and oxygen atoms in total. The normalized spacial score (nSPS) is 10.0. The molecule has 0 bridgehead atoms. The number of methoxy groups -OCH3 is 1. The summed E-state index contributed by atoms with van der Waals surface area (Å²) in [7, 11) is 1.59. The fraction of sp³-hybridized carbons (Fsp3) is 0.500. The molecule has 0 aromatic heterocycles. The number of hydrogen-bond donors (Lipinski definition) is 3. The van der Waals surface area contributed by atoms with Gasteiger partial charge in [0, 0.05) is 30.1 Å². The molecule has 0 aliphatic rings. The largest absolute Gasteiger partial charge is 0.495 e. The smallest absolute Gasteiger partial charge is 0.221 e. The van der Waals surface area contributed by atoms with E-state index in [0.717, 1.165) is 5.69 Å². The third kappa shape index (κ3) is 9.20. The Morgan fingerprint density at radius 3 is 2.55 bits per heavy atom. The summed E-state index contributed by atoms with van der Waals surface area (Å²) in [6.07, 6.45) is 0.353. The summed E-state index contributed by atoms with van der Waals surface area (Å²) < 4.78 is 5.21. The molecule has 1 rings (SSSR count). The van der Waals surface area contributed by atoms with Crippen molar-refractivity contribution in [2.24, 2.45) is 5.73 Å². The first-order valence-electron chi connectivity index (χ1n) is 6.45.